The largest absolute Gasteiger partial charge is 0.419 e. The van der Waals surface area contributed by atoms with Crippen molar-refractivity contribution in [3.8, 4) is 11.1 Å². The molecule has 0 aliphatic carbocycles. The van der Waals surface area contributed by atoms with E-state index in [2.05, 4.69) is 30.4 Å². The number of amides is 1. The lowest BCUT2D eigenvalue weighted by Crippen LogP contribution is -2.35. The Labute approximate surface area is 198 Å². The summed E-state index contributed by atoms with van der Waals surface area (Å²) in [5.74, 6) is -1.37. The number of fused-ring (bicyclic) bond motifs is 1. The van der Waals surface area contributed by atoms with Crippen LogP contribution < -0.4 is 5.32 Å². The number of anilines is 1. The number of H-pyrrole nitrogens is 1. The van der Waals surface area contributed by atoms with Gasteiger partial charge in [-0.2, -0.15) is 18.3 Å². The van der Waals surface area contributed by atoms with Crippen LogP contribution in [-0.4, -0.2) is 57.3 Å². The first kappa shape index (κ1) is 22.9. The van der Waals surface area contributed by atoms with E-state index in [1.807, 2.05) is 18.3 Å². The third-order valence-corrected chi connectivity index (χ3v) is 5.76. The fourth-order valence-electron chi connectivity index (χ4n) is 4.02. The number of pyridine rings is 2. The molecule has 1 aliphatic rings. The van der Waals surface area contributed by atoms with Crippen LogP contribution in [0.2, 0.25) is 0 Å². The highest BCUT2D eigenvalue weighted by Crippen LogP contribution is 2.34. The van der Waals surface area contributed by atoms with Crippen LogP contribution in [0.1, 0.15) is 21.6 Å². The van der Waals surface area contributed by atoms with Gasteiger partial charge in [-0.3, -0.25) is 19.8 Å². The zero-order valence-corrected chi connectivity index (χ0v) is 18.5. The molecule has 4 heterocycles. The molecule has 4 aromatic rings. The highest BCUT2D eigenvalue weighted by atomic mass is 19.4. The summed E-state index contributed by atoms with van der Waals surface area (Å²) in [5.41, 5.74) is 2.22. The minimum Gasteiger partial charge on any atom is -0.379 e. The molecule has 0 radical (unpaired) electrons. The van der Waals surface area contributed by atoms with E-state index in [1.165, 1.54) is 6.20 Å². The van der Waals surface area contributed by atoms with Crippen LogP contribution in [-0.2, 0) is 17.5 Å². The maximum atomic E-state index is 13.3. The average Bonchev–Trinajstić information content (AvgIpc) is 3.28. The Kier molecular flexibility index (Phi) is 6.18. The van der Waals surface area contributed by atoms with Crippen molar-refractivity contribution < 1.29 is 22.7 Å². The van der Waals surface area contributed by atoms with Gasteiger partial charge in [0.05, 0.1) is 24.3 Å². The fraction of sp³-hybridized carbons (Fsp3) is 0.250. The minimum atomic E-state index is -4.66. The predicted octanol–water partition coefficient (Wildman–Crippen LogP) is 4.12. The molecule has 1 saturated heterocycles. The van der Waals surface area contributed by atoms with E-state index < -0.39 is 23.5 Å². The zero-order chi connectivity index (χ0) is 24.4. The number of benzene rings is 1. The van der Waals surface area contributed by atoms with Crippen LogP contribution >= 0.6 is 0 Å². The minimum absolute atomic E-state index is 0.0296. The molecule has 1 aromatic carbocycles. The predicted molar refractivity (Wildman–Crippen MR) is 123 cm³/mol. The Morgan fingerprint density at radius 2 is 1.94 bits per heavy atom. The lowest BCUT2D eigenvalue weighted by Gasteiger charge is -2.26. The number of hydrogen-bond donors (Lipinski definition) is 2. The maximum Gasteiger partial charge on any atom is 0.419 e. The van der Waals surface area contributed by atoms with Crippen molar-refractivity contribution in [2.75, 3.05) is 31.6 Å². The summed E-state index contributed by atoms with van der Waals surface area (Å²) in [4.78, 5) is 23.2. The number of hydrogen-bond acceptors (Lipinski definition) is 6. The van der Waals surface area contributed by atoms with E-state index in [-0.39, 0.29) is 5.69 Å². The van der Waals surface area contributed by atoms with Crippen LogP contribution in [0.15, 0.2) is 55.0 Å². The van der Waals surface area contributed by atoms with Gasteiger partial charge in [-0.05, 0) is 41.5 Å². The van der Waals surface area contributed by atoms with Gasteiger partial charge in [0, 0.05) is 49.2 Å². The third-order valence-electron chi connectivity index (χ3n) is 5.76. The molecular weight excluding hydrogens is 461 g/mol. The fourth-order valence-corrected chi connectivity index (χ4v) is 4.02. The standard InChI is InChI=1S/C24H21F3N6O2/c25-24(26,27)19-2-1-5-29-22(19)30-23(34)21-18-11-16(3-4-20(18)31-32-21)17-10-15(12-28-13-17)14-33-6-8-35-9-7-33/h1-5,10-13H,6-9,14H2,(H,31,32)(H,29,30,34). The molecule has 35 heavy (non-hydrogen) atoms. The summed E-state index contributed by atoms with van der Waals surface area (Å²) in [6.45, 7) is 3.87. The normalized spacial score (nSPS) is 14.8. The Morgan fingerprint density at radius 1 is 1.11 bits per heavy atom. The molecule has 0 atom stereocenters. The summed E-state index contributed by atoms with van der Waals surface area (Å²) in [5, 5.41) is 9.51. The van der Waals surface area contributed by atoms with Crippen molar-refractivity contribution >= 4 is 22.6 Å². The second-order valence-corrected chi connectivity index (χ2v) is 8.15. The Bertz CT molecular complexity index is 1360. The van der Waals surface area contributed by atoms with Gasteiger partial charge in [-0.1, -0.05) is 6.07 Å². The van der Waals surface area contributed by atoms with Crippen molar-refractivity contribution in [2.45, 2.75) is 12.7 Å². The number of alkyl halides is 3. The molecule has 1 fully saturated rings. The third kappa shape index (κ3) is 5.00. The van der Waals surface area contributed by atoms with E-state index in [1.54, 1.807) is 18.3 Å². The van der Waals surface area contributed by atoms with Crippen molar-refractivity contribution in [3.63, 3.8) is 0 Å². The SMILES string of the molecule is O=C(Nc1ncccc1C(F)(F)F)c1n[nH]c2ccc(-c3cncc(CN4CCOCC4)c3)cc12. The van der Waals surface area contributed by atoms with E-state index in [4.69, 9.17) is 4.74 Å². The summed E-state index contributed by atoms with van der Waals surface area (Å²) >= 11 is 0. The van der Waals surface area contributed by atoms with Gasteiger partial charge < -0.3 is 10.1 Å². The molecule has 5 rings (SSSR count). The molecule has 2 N–H and O–H groups in total. The number of ether oxygens (including phenoxy) is 1. The molecule has 8 nitrogen and oxygen atoms in total. The van der Waals surface area contributed by atoms with Gasteiger partial charge in [-0.25, -0.2) is 4.98 Å². The van der Waals surface area contributed by atoms with Crippen molar-refractivity contribution in [1.29, 1.82) is 0 Å². The molecule has 1 amide bonds. The van der Waals surface area contributed by atoms with Crippen molar-refractivity contribution in [1.82, 2.24) is 25.1 Å². The number of nitrogens with zero attached hydrogens (tertiary/aromatic N) is 4. The highest BCUT2D eigenvalue weighted by molar-refractivity contribution is 6.11. The van der Waals surface area contributed by atoms with E-state index >= 15 is 0 Å². The number of aromatic nitrogens is 4. The topological polar surface area (TPSA) is 96.0 Å². The number of carbonyl (C=O) groups excluding carboxylic acids is 1. The summed E-state index contributed by atoms with van der Waals surface area (Å²) < 4.78 is 45.3. The van der Waals surface area contributed by atoms with Gasteiger partial charge in [-0.15, -0.1) is 0 Å². The van der Waals surface area contributed by atoms with Crippen LogP contribution in [0.25, 0.3) is 22.0 Å². The first-order valence-electron chi connectivity index (χ1n) is 10.9. The van der Waals surface area contributed by atoms with Crippen molar-refractivity contribution in [2.24, 2.45) is 0 Å². The Balaban J connectivity index is 1.42. The van der Waals surface area contributed by atoms with Crippen LogP contribution in [0.5, 0.6) is 0 Å². The Morgan fingerprint density at radius 3 is 2.74 bits per heavy atom. The second kappa shape index (κ2) is 9.43. The van der Waals surface area contributed by atoms with E-state index in [9.17, 15) is 18.0 Å². The number of halogens is 3. The monoisotopic (exact) mass is 482 g/mol. The van der Waals surface area contributed by atoms with Crippen LogP contribution in [0, 0.1) is 0 Å². The molecule has 0 spiro atoms. The van der Waals surface area contributed by atoms with Crippen molar-refractivity contribution in [3.05, 3.63) is 71.8 Å². The highest BCUT2D eigenvalue weighted by Gasteiger charge is 2.35. The molecule has 1 aliphatic heterocycles. The number of nitrogens with one attached hydrogen (secondary N) is 2. The zero-order valence-electron chi connectivity index (χ0n) is 18.5. The summed E-state index contributed by atoms with van der Waals surface area (Å²) in [6, 6.07) is 9.47. The first-order valence-corrected chi connectivity index (χ1v) is 10.9. The van der Waals surface area contributed by atoms with Gasteiger partial charge >= 0.3 is 6.18 Å². The maximum absolute atomic E-state index is 13.3. The molecule has 0 bridgehead atoms. The van der Waals surface area contributed by atoms with Crippen LogP contribution in [0.4, 0.5) is 19.0 Å². The molecule has 0 saturated carbocycles. The smallest absolute Gasteiger partial charge is 0.379 e. The quantitative estimate of drug-likeness (QED) is 0.444. The number of carbonyl (C=O) groups is 1. The molecule has 11 heteroatoms. The van der Waals surface area contributed by atoms with Gasteiger partial charge in [0.15, 0.2) is 5.69 Å². The van der Waals surface area contributed by atoms with Gasteiger partial charge in [0.1, 0.15) is 5.82 Å². The summed E-state index contributed by atoms with van der Waals surface area (Å²) in [7, 11) is 0. The summed E-state index contributed by atoms with van der Waals surface area (Å²) in [6.07, 6.45) is 0.0755. The van der Waals surface area contributed by atoms with E-state index in [0.717, 1.165) is 48.5 Å². The molecule has 3 aromatic heterocycles. The van der Waals surface area contributed by atoms with E-state index in [0.29, 0.717) is 24.1 Å². The molecule has 180 valence electrons. The lowest BCUT2D eigenvalue weighted by molar-refractivity contribution is -0.137. The number of rotatable bonds is 5. The lowest BCUT2D eigenvalue weighted by atomic mass is 10.0. The molecule has 0 unspecified atom stereocenters. The second-order valence-electron chi connectivity index (χ2n) is 8.15. The number of morpholine rings is 1. The van der Waals surface area contributed by atoms with Gasteiger partial charge in [0.2, 0.25) is 0 Å². The van der Waals surface area contributed by atoms with Gasteiger partial charge in [0.25, 0.3) is 5.91 Å². The average molecular weight is 482 g/mol. The molecular formula is C24H21F3N6O2. The number of aromatic amines is 1. The Hall–Kier alpha value is -3.83. The van der Waals surface area contributed by atoms with Crippen LogP contribution in [0.3, 0.4) is 0 Å². The first-order chi connectivity index (χ1) is 16.9.